The summed E-state index contributed by atoms with van der Waals surface area (Å²) < 4.78 is 19.0. The molecule has 0 bridgehead atoms. The van der Waals surface area contributed by atoms with E-state index >= 15 is 0 Å². The van der Waals surface area contributed by atoms with Crippen LogP contribution in [0.5, 0.6) is 5.88 Å². The number of aliphatic imine (C=N–C) groups is 1. The Labute approximate surface area is 188 Å². The number of rotatable bonds is 6. The Hall–Kier alpha value is -3.13. The zero-order valence-electron chi connectivity index (χ0n) is 18.9. The van der Waals surface area contributed by atoms with Gasteiger partial charge in [0, 0.05) is 50.4 Å². The highest BCUT2D eigenvalue weighted by Gasteiger charge is 2.16. The number of halogens is 1. The number of carbonyl (C=O) groups is 1. The van der Waals surface area contributed by atoms with E-state index < -0.39 is 0 Å². The molecule has 2 aliphatic rings. The van der Waals surface area contributed by atoms with E-state index in [1.807, 2.05) is 6.07 Å². The van der Waals surface area contributed by atoms with Crippen molar-refractivity contribution < 1.29 is 13.9 Å². The van der Waals surface area contributed by atoms with Gasteiger partial charge in [0.25, 0.3) is 0 Å². The van der Waals surface area contributed by atoms with Crippen molar-refractivity contribution in [2.75, 3.05) is 44.7 Å². The Balaban J connectivity index is 0.000000186. The molecule has 1 fully saturated rings. The zero-order valence-corrected chi connectivity index (χ0v) is 18.9. The third kappa shape index (κ3) is 6.43. The third-order valence-electron chi connectivity index (χ3n) is 5.16. The average molecular weight is 440 g/mol. The normalized spacial score (nSPS) is 16.2. The number of carbonyl (C=O) groups excluding carboxylic acids is 1. The van der Waals surface area contributed by atoms with Crippen molar-refractivity contribution in [3.8, 4) is 5.88 Å². The summed E-state index contributed by atoms with van der Waals surface area (Å²) in [7, 11) is 2.15. The fourth-order valence-electron chi connectivity index (χ4n) is 3.34. The van der Waals surface area contributed by atoms with Crippen molar-refractivity contribution in [1.82, 2.24) is 14.9 Å². The standard InChI is InChI=1S/C13H22N4O.C11H8FNO/c1-11(2)9-18-13-8-12(14-10-15-13)17-6-4-16(3)5-7-17;12-10-4-2-1-3-8(10)9-5-6-13-11(9)7-14/h8,10-11H,4-7,9H2,1-3H3;1-4,6-7H,5H2. The molecule has 2 aromatic rings. The van der Waals surface area contributed by atoms with Crippen LogP contribution in [0.1, 0.15) is 25.8 Å². The molecule has 0 N–H and O–H groups in total. The van der Waals surface area contributed by atoms with Crippen molar-refractivity contribution in [2.45, 2.75) is 20.3 Å². The molecular weight excluding hydrogens is 409 g/mol. The molecule has 0 saturated carbocycles. The van der Waals surface area contributed by atoms with Crippen molar-refractivity contribution in [3.05, 3.63) is 53.7 Å². The van der Waals surface area contributed by atoms with E-state index in [0.717, 1.165) is 32.0 Å². The number of likely N-dealkylation sites (N-methyl/N-ethyl adjacent to an activating group) is 1. The second kappa shape index (κ2) is 11.5. The summed E-state index contributed by atoms with van der Waals surface area (Å²) in [6.07, 6.45) is 4.38. The number of ether oxygens (including phenoxy) is 1. The van der Waals surface area contributed by atoms with Crippen LogP contribution >= 0.6 is 0 Å². The van der Waals surface area contributed by atoms with Crippen LogP contribution in [0.2, 0.25) is 0 Å². The first kappa shape index (κ1) is 23.5. The number of aldehydes is 1. The Morgan fingerprint density at radius 1 is 1.16 bits per heavy atom. The van der Waals surface area contributed by atoms with E-state index in [9.17, 15) is 9.18 Å². The van der Waals surface area contributed by atoms with E-state index in [0.29, 0.717) is 47.9 Å². The molecule has 32 heavy (non-hydrogen) atoms. The summed E-state index contributed by atoms with van der Waals surface area (Å²) in [4.78, 5) is 27.6. The molecule has 1 aromatic heterocycles. The van der Waals surface area contributed by atoms with Crippen LogP contribution in [0.4, 0.5) is 10.2 Å². The van der Waals surface area contributed by atoms with Gasteiger partial charge in [-0.3, -0.25) is 9.79 Å². The lowest BCUT2D eigenvalue weighted by molar-refractivity contribution is -0.104. The highest BCUT2D eigenvalue weighted by molar-refractivity contribution is 5.98. The van der Waals surface area contributed by atoms with Gasteiger partial charge in [-0.25, -0.2) is 14.4 Å². The Morgan fingerprint density at radius 2 is 1.91 bits per heavy atom. The van der Waals surface area contributed by atoms with Gasteiger partial charge in [-0.2, -0.15) is 0 Å². The van der Waals surface area contributed by atoms with Gasteiger partial charge in [0.15, 0.2) is 6.29 Å². The molecule has 0 amide bonds. The van der Waals surface area contributed by atoms with E-state index in [4.69, 9.17) is 4.74 Å². The van der Waals surface area contributed by atoms with Gasteiger partial charge in [0.05, 0.1) is 6.61 Å². The predicted octanol–water partition coefficient (Wildman–Crippen LogP) is 3.47. The van der Waals surface area contributed by atoms with Crippen LogP contribution in [-0.2, 0) is 4.79 Å². The number of nitrogens with zero attached hydrogens (tertiary/aromatic N) is 5. The molecule has 3 heterocycles. The molecule has 7 nitrogen and oxygen atoms in total. The largest absolute Gasteiger partial charge is 0.477 e. The van der Waals surface area contributed by atoms with Gasteiger partial charge in [0.1, 0.15) is 23.7 Å². The Kier molecular flexibility index (Phi) is 8.44. The highest BCUT2D eigenvalue weighted by atomic mass is 19.1. The van der Waals surface area contributed by atoms with Crippen LogP contribution in [0.15, 0.2) is 47.3 Å². The fourth-order valence-corrected chi connectivity index (χ4v) is 3.34. The molecule has 170 valence electrons. The van der Waals surface area contributed by atoms with E-state index in [1.54, 1.807) is 30.7 Å². The Bertz CT molecular complexity index is 968. The molecular formula is C24H30FN5O2. The molecule has 2 aliphatic heterocycles. The summed E-state index contributed by atoms with van der Waals surface area (Å²) >= 11 is 0. The summed E-state index contributed by atoms with van der Waals surface area (Å²) in [5.41, 5.74) is 1.46. The lowest BCUT2D eigenvalue weighted by atomic mass is 10.0. The molecule has 4 rings (SSSR count). The number of hydrogen-bond acceptors (Lipinski definition) is 7. The van der Waals surface area contributed by atoms with E-state index in [2.05, 4.69) is 45.7 Å². The van der Waals surface area contributed by atoms with Crippen LogP contribution in [0.3, 0.4) is 0 Å². The summed E-state index contributed by atoms with van der Waals surface area (Å²) in [6, 6.07) is 8.33. The zero-order chi connectivity index (χ0) is 22.9. The van der Waals surface area contributed by atoms with Gasteiger partial charge in [0.2, 0.25) is 5.88 Å². The minimum absolute atomic E-state index is 0.313. The predicted molar refractivity (Wildman–Crippen MR) is 125 cm³/mol. The second-order valence-corrected chi connectivity index (χ2v) is 8.19. The minimum Gasteiger partial charge on any atom is -0.477 e. The maximum absolute atomic E-state index is 13.3. The van der Waals surface area contributed by atoms with Crippen LogP contribution in [0.25, 0.3) is 5.57 Å². The van der Waals surface area contributed by atoms with Crippen molar-refractivity contribution in [3.63, 3.8) is 0 Å². The van der Waals surface area contributed by atoms with Crippen LogP contribution < -0.4 is 9.64 Å². The highest BCUT2D eigenvalue weighted by Crippen LogP contribution is 2.27. The van der Waals surface area contributed by atoms with Gasteiger partial charge in [-0.15, -0.1) is 0 Å². The summed E-state index contributed by atoms with van der Waals surface area (Å²) in [6.45, 7) is 9.12. The second-order valence-electron chi connectivity index (χ2n) is 8.19. The quantitative estimate of drug-likeness (QED) is 0.642. The molecule has 0 atom stereocenters. The molecule has 0 spiro atoms. The first-order valence-electron chi connectivity index (χ1n) is 10.8. The number of benzene rings is 1. The molecule has 8 heteroatoms. The van der Waals surface area contributed by atoms with E-state index in [-0.39, 0.29) is 5.82 Å². The SMILES string of the molecule is CC(C)COc1cc(N2CCN(C)CC2)ncn1.O=CC1=C(c2ccccc2F)CC=N1. The summed E-state index contributed by atoms with van der Waals surface area (Å²) in [5, 5.41) is 0. The van der Waals surface area contributed by atoms with Crippen LogP contribution in [-0.4, -0.2) is 67.2 Å². The van der Waals surface area contributed by atoms with Crippen molar-refractivity contribution in [1.29, 1.82) is 0 Å². The first-order valence-corrected chi connectivity index (χ1v) is 10.8. The van der Waals surface area contributed by atoms with Crippen molar-refractivity contribution >= 4 is 23.9 Å². The maximum atomic E-state index is 13.3. The number of aromatic nitrogens is 2. The molecule has 0 unspecified atom stereocenters. The number of allylic oxidation sites excluding steroid dienone is 2. The van der Waals surface area contributed by atoms with Gasteiger partial charge in [-0.05, 0) is 24.6 Å². The third-order valence-corrected chi connectivity index (χ3v) is 5.16. The van der Waals surface area contributed by atoms with Gasteiger partial charge in [-0.1, -0.05) is 32.0 Å². The lowest BCUT2D eigenvalue weighted by Crippen LogP contribution is -2.44. The van der Waals surface area contributed by atoms with Gasteiger partial charge < -0.3 is 14.5 Å². The molecule has 1 saturated heterocycles. The van der Waals surface area contributed by atoms with E-state index in [1.165, 1.54) is 6.07 Å². The maximum Gasteiger partial charge on any atom is 0.218 e. The van der Waals surface area contributed by atoms with Gasteiger partial charge >= 0.3 is 0 Å². The Morgan fingerprint density at radius 3 is 2.59 bits per heavy atom. The number of hydrogen-bond donors (Lipinski definition) is 0. The van der Waals surface area contributed by atoms with Crippen molar-refractivity contribution in [2.24, 2.45) is 10.9 Å². The monoisotopic (exact) mass is 439 g/mol. The minimum atomic E-state index is -0.313. The topological polar surface area (TPSA) is 70.9 Å². The number of anilines is 1. The molecule has 1 aromatic carbocycles. The molecule has 0 aliphatic carbocycles. The smallest absolute Gasteiger partial charge is 0.218 e. The lowest BCUT2D eigenvalue weighted by Gasteiger charge is -2.33. The summed E-state index contributed by atoms with van der Waals surface area (Å²) in [5.74, 6) is 1.84. The fraction of sp³-hybridized carbons (Fsp3) is 0.417. The van der Waals surface area contributed by atoms with Crippen LogP contribution in [0, 0.1) is 11.7 Å². The molecule has 0 radical (unpaired) electrons. The average Bonchev–Trinajstić information content (AvgIpc) is 3.28. The number of piperazine rings is 1. The first-order chi connectivity index (χ1) is 15.5.